The zero-order chi connectivity index (χ0) is 11.4. The molecule has 0 radical (unpaired) electrons. The largest absolute Gasteiger partial charge is 0.388 e. The van der Waals surface area contributed by atoms with Gasteiger partial charge in [0.25, 0.3) is 0 Å². The summed E-state index contributed by atoms with van der Waals surface area (Å²) in [6.45, 7) is 0. The van der Waals surface area contributed by atoms with Crippen LogP contribution in [0.3, 0.4) is 0 Å². The molecule has 0 saturated carbocycles. The molecule has 2 rings (SSSR count). The summed E-state index contributed by atoms with van der Waals surface area (Å²) in [7, 11) is 0. The maximum absolute atomic E-state index is 10.1. The van der Waals surface area contributed by atoms with E-state index in [-0.39, 0.29) is 0 Å². The quantitative estimate of drug-likeness (QED) is 0.799. The van der Waals surface area contributed by atoms with Gasteiger partial charge in [0.15, 0.2) is 0 Å². The van der Waals surface area contributed by atoms with Crippen LogP contribution in [0, 0.1) is 0 Å². The highest BCUT2D eigenvalue weighted by atomic mass is 32.2. The van der Waals surface area contributed by atoms with E-state index in [1.807, 2.05) is 30.5 Å². The number of aromatic nitrogens is 2. The first-order valence-electron chi connectivity index (χ1n) is 5.10. The summed E-state index contributed by atoms with van der Waals surface area (Å²) in [4.78, 5) is 8.22. The normalized spacial score (nSPS) is 12.6. The van der Waals surface area contributed by atoms with Crippen LogP contribution < -0.4 is 0 Å². The van der Waals surface area contributed by atoms with E-state index in [0.717, 1.165) is 16.3 Å². The van der Waals surface area contributed by atoms with E-state index in [0.29, 0.717) is 6.42 Å². The molecule has 0 aliphatic carbocycles. The van der Waals surface area contributed by atoms with Crippen molar-refractivity contribution in [1.82, 2.24) is 9.97 Å². The second-order valence-corrected chi connectivity index (χ2v) is 4.35. The summed E-state index contributed by atoms with van der Waals surface area (Å²) in [6.07, 6.45) is 5.49. The summed E-state index contributed by atoms with van der Waals surface area (Å²) in [6, 6.07) is 7.90. The molecule has 0 amide bonds. The van der Waals surface area contributed by atoms with Crippen LogP contribution in [-0.2, 0) is 6.42 Å². The third-order valence-electron chi connectivity index (χ3n) is 2.44. The van der Waals surface area contributed by atoms with Crippen LogP contribution in [0.25, 0.3) is 0 Å². The number of aromatic amines is 1. The maximum atomic E-state index is 10.1. The molecule has 4 heteroatoms. The lowest BCUT2D eigenvalue weighted by Gasteiger charge is -2.12. The first kappa shape index (κ1) is 11.2. The first-order chi connectivity index (χ1) is 7.81. The minimum Gasteiger partial charge on any atom is -0.388 e. The zero-order valence-corrected chi connectivity index (χ0v) is 9.87. The van der Waals surface area contributed by atoms with Crippen LogP contribution in [0.1, 0.15) is 17.5 Å². The first-order valence-corrected chi connectivity index (χ1v) is 6.33. The van der Waals surface area contributed by atoms with E-state index in [2.05, 4.69) is 9.97 Å². The van der Waals surface area contributed by atoms with Gasteiger partial charge in [-0.05, 0) is 17.9 Å². The SMILES string of the molecule is CSc1ccccc1C(O)Cc1ncc[nH]1. The highest BCUT2D eigenvalue weighted by molar-refractivity contribution is 7.98. The summed E-state index contributed by atoms with van der Waals surface area (Å²) in [5, 5.41) is 10.1. The molecule has 1 aromatic heterocycles. The second kappa shape index (κ2) is 5.18. The molecule has 2 N–H and O–H groups in total. The molecule has 84 valence electrons. The summed E-state index contributed by atoms with van der Waals surface area (Å²) in [5.74, 6) is 0.809. The highest BCUT2D eigenvalue weighted by Gasteiger charge is 2.13. The van der Waals surface area contributed by atoms with Crippen molar-refractivity contribution in [3.63, 3.8) is 0 Å². The topological polar surface area (TPSA) is 48.9 Å². The van der Waals surface area contributed by atoms with Crippen LogP contribution in [0.15, 0.2) is 41.6 Å². The van der Waals surface area contributed by atoms with E-state index < -0.39 is 6.10 Å². The van der Waals surface area contributed by atoms with Gasteiger partial charge in [-0.25, -0.2) is 4.98 Å². The van der Waals surface area contributed by atoms with Crippen molar-refractivity contribution in [2.75, 3.05) is 6.26 Å². The minimum absolute atomic E-state index is 0.505. The van der Waals surface area contributed by atoms with Crippen LogP contribution in [0.5, 0.6) is 0 Å². The predicted molar refractivity (Wildman–Crippen MR) is 65.5 cm³/mol. The Balaban J connectivity index is 2.17. The van der Waals surface area contributed by atoms with Gasteiger partial charge in [-0.15, -0.1) is 11.8 Å². The minimum atomic E-state index is -0.505. The Kier molecular flexibility index (Phi) is 3.64. The molecule has 1 aromatic carbocycles. The average Bonchev–Trinajstić information content (AvgIpc) is 2.81. The summed E-state index contributed by atoms with van der Waals surface area (Å²) < 4.78 is 0. The zero-order valence-electron chi connectivity index (χ0n) is 9.05. The van der Waals surface area contributed by atoms with Crippen LogP contribution in [0.2, 0.25) is 0 Å². The highest BCUT2D eigenvalue weighted by Crippen LogP contribution is 2.27. The second-order valence-electron chi connectivity index (χ2n) is 3.50. The summed E-state index contributed by atoms with van der Waals surface area (Å²) >= 11 is 1.65. The van der Waals surface area contributed by atoms with Gasteiger partial charge in [-0.1, -0.05) is 18.2 Å². The van der Waals surface area contributed by atoms with Crippen molar-refractivity contribution in [2.45, 2.75) is 17.4 Å². The monoisotopic (exact) mass is 234 g/mol. The van der Waals surface area contributed by atoms with Gasteiger partial charge in [0.2, 0.25) is 0 Å². The molecule has 0 aliphatic heterocycles. The summed E-state index contributed by atoms with van der Waals surface area (Å²) in [5.41, 5.74) is 0.964. The Bertz CT molecular complexity index is 442. The number of nitrogens with one attached hydrogen (secondary N) is 1. The molecule has 1 unspecified atom stereocenters. The van der Waals surface area contributed by atoms with Gasteiger partial charge in [-0.3, -0.25) is 0 Å². The standard InChI is InChI=1S/C12H14N2OS/c1-16-11-5-3-2-4-9(11)10(15)8-12-13-6-7-14-12/h2-7,10,15H,8H2,1H3,(H,13,14). The van der Waals surface area contributed by atoms with E-state index in [9.17, 15) is 5.11 Å². The van der Waals surface area contributed by atoms with Crippen molar-refractivity contribution in [3.05, 3.63) is 48.0 Å². The smallest absolute Gasteiger partial charge is 0.108 e. The molecule has 2 aromatic rings. The lowest BCUT2D eigenvalue weighted by atomic mass is 10.1. The number of aliphatic hydroxyl groups is 1. The Morgan fingerprint density at radius 3 is 2.94 bits per heavy atom. The molecule has 0 bridgehead atoms. The van der Waals surface area contributed by atoms with Gasteiger partial charge < -0.3 is 10.1 Å². The predicted octanol–water partition coefficient (Wildman–Crippen LogP) is 2.41. The number of benzene rings is 1. The molecular weight excluding hydrogens is 220 g/mol. The lowest BCUT2D eigenvalue weighted by molar-refractivity contribution is 0.173. The molecule has 0 saturated heterocycles. The van der Waals surface area contributed by atoms with E-state index >= 15 is 0 Å². The third-order valence-corrected chi connectivity index (χ3v) is 3.25. The van der Waals surface area contributed by atoms with Gasteiger partial charge in [0, 0.05) is 23.7 Å². The van der Waals surface area contributed by atoms with Crippen molar-refractivity contribution < 1.29 is 5.11 Å². The van der Waals surface area contributed by atoms with Gasteiger partial charge >= 0.3 is 0 Å². The fourth-order valence-corrected chi connectivity index (χ4v) is 2.30. The van der Waals surface area contributed by atoms with E-state index in [1.54, 1.807) is 24.2 Å². The number of rotatable bonds is 4. The molecule has 0 aliphatic rings. The maximum Gasteiger partial charge on any atom is 0.108 e. The average molecular weight is 234 g/mol. The number of aliphatic hydroxyl groups excluding tert-OH is 1. The van der Waals surface area contributed by atoms with Gasteiger partial charge in [0.1, 0.15) is 5.82 Å². The van der Waals surface area contributed by atoms with Crippen LogP contribution >= 0.6 is 11.8 Å². The molecular formula is C12H14N2OS. The number of thioether (sulfide) groups is 1. The lowest BCUT2D eigenvalue weighted by Crippen LogP contribution is -2.04. The Labute approximate surface area is 98.9 Å². The Hall–Kier alpha value is -1.26. The molecule has 16 heavy (non-hydrogen) atoms. The van der Waals surface area contributed by atoms with Gasteiger partial charge in [-0.2, -0.15) is 0 Å². The molecule has 0 spiro atoms. The number of hydrogen-bond donors (Lipinski definition) is 2. The third kappa shape index (κ3) is 2.46. The number of hydrogen-bond acceptors (Lipinski definition) is 3. The Morgan fingerprint density at radius 2 is 2.25 bits per heavy atom. The Morgan fingerprint density at radius 1 is 1.44 bits per heavy atom. The van der Waals surface area contributed by atoms with E-state index in [1.165, 1.54) is 0 Å². The fourth-order valence-electron chi connectivity index (χ4n) is 1.64. The van der Waals surface area contributed by atoms with Crippen molar-refractivity contribution >= 4 is 11.8 Å². The van der Waals surface area contributed by atoms with Gasteiger partial charge in [0.05, 0.1) is 6.10 Å². The molecule has 1 heterocycles. The molecule has 0 fully saturated rings. The number of imidazole rings is 1. The number of H-pyrrole nitrogens is 1. The fraction of sp³-hybridized carbons (Fsp3) is 0.250. The van der Waals surface area contributed by atoms with Crippen LogP contribution in [-0.4, -0.2) is 21.3 Å². The number of nitrogens with zero attached hydrogens (tertiary/aromatic N) is 1. The molecule has 3 nitrogen and oxygen atoms in total. The van der Waals surface area contributed by atoms with E-state index in [4.69, 9.17) is 0 Å². The van der Waals surface area contributed by atoms with Crippen molar-refractivity contribution in [3.8, 4) is 0 Å². The van der Waals surface area contributed by atoms with Crippen molar-refractivity contribution in [1.29, 1.82) is 0 Å². The van der Waals surface area contributed by atoms with Crippen LogP contribution in [0.4, 0.5) is 0 Å². The van der Waals surface area contributed by atoms with Crippen molar-refractivity contribution in [2.24, 2.45) is 0 Å². The molecule has 1 atom stereocenters.